The van der Waals surface area contributed by atoms with E-state index in [9.17, 15) is 4.79 Å². The molecule has 0 amide bonds. The van der Waals surface area contributed by atoms with E-state index >= 15 is 0 Å². The lowest BCUT2D eigenvalue weighted by molar-refractivity contribution is 0.997. The fourth-order valence-electron chi connectivity index (χ4n) is 2.12. The van der Waals surface area contributed by atoms with Crippen LogP contribution in [0.25, 0.3) is 4.96 Å². The van der Waals surface area contributed by atoms with E-state index in [1.807, 2.05) is 36.6 Å². The van der Waals surface area contributed by atoms with Crippen LogP contribution < -0.4 is 5.56 Å². The molecule has 0 aliphatic rings. The predicted octanol–water partition coefficient (Wildman–Crippen LogP) is 3.37. The van der Waals surface area contributed by atoms with Gasteiger partial charge in [0.05, 0.1) is 17.3 Å². The van der Waals surface area contributed by atoms with Gasteiger partial charge < -0.3 is 0 Å². The SMILES string of the molecule is Cc1csc2nc(CSCc3ccc(C#N)cc3)cc(=O)n12. The molecule has 0 spiro atoms. The molecule has 1 aromatic carbocycles. The highest BCUT2D eigenvalue weighted by Gasteiger charge is 2.06. The standard InChI is InChI=1S/C16H13N3OS2/c1-11-8-22-16-18-14(6-15(20)19(11)16)10-21-9-13-4-2-12(7-17)3-5-13/h2-6,8H,9-10H2,1H3. The molecule has 6 heteroatoms. The van der Waals surface area contributed by atoms with E-state index in [0.29, 0.717) is 11.3 Å². The van der Waals surface area contributed by atoms with Crippen molar-refractivity contribution in [3.05, 3.63) is 68.6 Å². The Labute approximate surface area is 136 Å². The number of fused-ring (bicyclic) bond motifs is 1. The fraction of sp³-hybridized carbons (Fsp3) is 0.188. The second kappa shape index (κ2) is 6.34. The molecule has 0 aliphatic heterocycles. The number of thioether (sulfide) groups is 1. The maximum absolute atomic E-state index is 12.1. The Hall–Kier alpha value is -2.10. The van der Waals surface area contributed by atoms with Crippen molar-refractivity contribution in [2.24, 2.45) is 0 Å². The molecule has 0 bridgehead atoms. The molecule has 0 saturated heterocycles. The van der Waals surface area contributed by atoms with Gasteiger partial charge >= 0.3 is 0 Å². The summed E-state index contributed by atoms with van der Waals surface area (Å²) in [6.07, 6.45) is 0. The second-order valence-corrected chi connectivity index (χ2v) is 6.70. The number of aromatic nitrogens is 2. The van der Waals surface area contributed by atoms with Crippen LogP contribution in [0.4, 0.5) is 0 Å². The van der Waals surface area contributed by atoms with E-state index in [4.69, 9.17) is 5.26 Å². The number of hydrogen-bond donors (Lipinski definition) is 0. The van der Waals surface area contributed by atoms with Crippen molar-refractivity contribution in [2.75, 3.05) is 0 Å². The number of nitrogens with zero attached hydrogens (tertiary/aromatic N) is 3. The molecular formula is C16H13N3OS2. The monoisotopic (exact) mass is 327 g/mol. The van der Waals surface area contributed by atoms with Crippen LogP contribution in [0.1, 0.15) is 22.5 Å². The van der Waals surface area contributed by atoms with Gasteiger partial charge in [-0.25, -0.2) is 4.98 Å². The highest BCUT2D eigenvalue weighted by molar-refractivity contribution is 7.97. The van der Waals surface area contributed by atoms with Gasteiger partial charge in [-0.3, -0.25) is 9.20 Å². The molecule has 0 radical (unpaired) electrons. The zero-order valence-electron chi connectivity index (χ0n) is 11.9. The van der Waals surface area contributed by atoms with Gasteiger partial charge in [-0.05, 0) is 24.6 Å². The van der Waals surface area contributed by atoms with E-state index in [1.165, 1.54) is 11.3 Å². The highest BCUT2D eigenvalue weighted by atomic mass is 32.2. The zero-order chi connectivity index (χ0) is 15.5. The molecular weight excluding hydrogens is 314 g/mol. The van der Waals surface area contributed by atoms with Gasteiger partial charge in [0.25, 0.3) is 5.56 Å². The summed E-state index contributed by atoms with van der Waals surface area (Å²) in [5, 5.41) is 10.7. The molecule has 2 heterocycles. The first-order valence-corrected chi connectivity index (χ1v) is 8.74. The third kappa shape index (κ3) is 3.06. The lowest BCUT2D eigenvalue weighted by atomic mass is 10.2. The lowest BCUT2D eigenvalue weighted by Gasteiger charge is -2.03. The molecule has 110 valence electrons. The van der Waals surface area contributed by atoms with Crippen molar-refractivity contribution in [2.45, 2.75) is 18.4 Å². The summed E-state index contributed by atoms with van der Waals surface area (Å²) < 4.78 is 1.64. The van der Waals surface area contributed by atoms with E-state index in [0.717, 1.165) is 27.7 Å². The molecule has 22 heavy (non-hydrogen) atoms. The maximum atomic E-state index is 12.1. The first-order chi connectivity index (χ1) is 10.7. The van der Waals surface area contributed by atoms with Crippen LogP contribution >= 0.6 is 23.1 Å². The lowest BCUT2D eigenvalue weighted by Crippen LogP contribution is -2.14. The largest absolute Gasteiger partial charge is 0.269 e. The van der Waals surface area contributed by atoms with Crippen LogP contribution in [0.3, 0.4) is 0 Å². The molecule has 3 rings (SSSR count). The predicted molar refractivity (Wildman–Crippen MR) is 90.2 cm³/mol. The van der Waals surface area contributed by atoms with Gasteiger partial charge in [-0.1, -0.05) is 12.1 Å². The van der Waals surface area contributed by atoms with Crippen LogP contribution in [-0.2, 0) is 11.5 Å². The van der Waals surface area contributed by atoms with Crippen LogP contribution in [0.2, 0.25) is 0 Å². The van der Waals surface area contributed by atoms with Gasteiger partial charge in [-0.15, -0.1) is 11.3 Å². The summed E-state index contributed by atoms with van der Waals surface area (Å²) in [5.74, 6) is 1.53. The Kier molecular flexibility index (Phi) is 4.27. The Morgan fingerprint density at radius 3 is 2.82 bits per heavy atom. The number of benzene rings is 1. The van der Waals surface area contributed by atoms with Gasteiger partial charge in [0, 0.05) is 28.6 Å². The van der Waals surface area contributed by atoms with Crippen molar-refractivity contribution in [3.8, 4) is 6.07 Å². The Balaban J connectivity index is 1.69. The number of rotatable bonds is 4. The summed E-state index contributed by atoms with van der Waals surface area (Å²) in [6.45, 7) is 1.91. The van der Waals surface area contributed by atoms with Crippen molar-refractivity contribution >= 4 is 28.1 Å². The minimum atomic E-state index is -0.0160. The first-order valence-electron chi connectivity index (χ1n) is 6.71. The highest BCUT2D eigenvalue weighted by Crippen LogP contribution is 2.18. The zero-order valence-corrected chi connectivity index (χ0v) is 13.6. The molecule has 0 N–H and O–H groups in total. The van der Waals surface area contributed by atoms with Crippen LogP contribution in [0.5, 0.6) is 0 Å². The molecule has 3 aromatic rings. The van der Waals surface area contributed by atoms with Crippen molar-refractivity contribution < 1.29 is 0 Å². The van der Waals surface area contributed by atoms with Crippen molar-refractivity contribution in [1.29, 1.82) is 5.26 Å². The van der Waals surface area contributed by atoms with Crippen molar-refractivity contribution in [3.63, 3.8) is 0 Å². The molecule has 0 atom stereocenters. The third-order valence-corrected chi connectivity index (χ3v) is 5.21. The molecule has 0 saturated carbocycles. The Morgan fingerprint density at radius 2 is 2.09 bits per heavy atom. The first kappa shape index (κ1) is 14.8. The summed E-state index contributed by atoms with van der Waals surface area (Å²) in [7, 11) is 0. The Bertz CT molecular complexity index is 904. The Morgan fingerprint density at radius 1 is 1.32 bits per heavy atom. The molecule has 2 aromatic heterocycles. The van der Waals surface area contributed by atoms with Gasteiger partial charge in [0.2, 0.25) is 0 Å². The normalized spacial score (nSPS) is 10.7. The molecule has 0 unspecified atom stereocenters. The summed E-state index contributed by atoms with van der Waals surface area (Å²) >= 11 is 3.20. The number of aryl methyl sites for hydroxylation is 1. The topological polar surface area (TPSA) is 58.2 Å². The minimum Gasteiger partial charge on any atom is -0.269 e. The minimum absolute atomic E-state index is 0.0160. The van der Waals surface area contributed by atoms with Crippen LogP contribution in [-0.4, -0.2) is 9.38 Å². The van der Waals surface area contributed by atoms with Gasteiger partial charge in [-0.2, -0.15) is 17.0 Å². The third-order valence-electron chi connectivity index (χ3n) is 3.23. The smallest absolute Gasteiger partial charge is 0.258 e. The maximum Gasteiger partial charge on any atom is 0.258 e. The average molecular weight is 327 g/mol. The van der Waals surface area contributed by atoms with Crippen LogP contribution in [0, 0.1) is 18.3 Å². The van der Waals surface area contributed by atoms with E-state index < -0.39 is 0 Å². The average Bonchev–Trinajstić information content (AvgIpc) is 2.90. The van der Waals surface area contributed by atoms with Crippen LogP contribution in [0.15, 0.2) is 40.5 Å². The van der Waals surface area contributed by atoms with E-state index in [2.05, 4.69) is 11.1 Å². The fourth-order valence-corrected chi connectivity index (χ4v) is 3.90. The van der Waals surface area contributed by atoms with Crippen molar-refractivity contribution in [1.82, 2.24) is 9.38 Å². The van der Waals surface area contributed by atoms with E-state index in [1.54, 1.807) is 22.2 Å². The van der Waals surface area contributed by atoms with Gasteiger partial charge in [0.1, 0.15) is 0 Å². The van der Waals surface area contributed by atoms with Gasteiger partial charge in [0.15, 0.2) is 4.96 Å². The molecule has 0 fully saturated rings. The number of thiazole rings is 1. The second-order valence-electron chi connectivity index (χ2n) is 4.88. The number of hydrogen-bond acceptors (Lipinski definition) is 5. The quantitative estimate of drug-likeness (QED) is 0.737. The number of nitriles is 1. The van der Waals surface area contributed by atoms with E-state index in [-0.39, 0.29) is 5.56 Å². The molecule has 4 nitrogen and oxygen atoms in total. The summed E-state index contributed by atoms with van der Waals surface area (Å²) in [5.41, 5.74) is 3.55. The summed E-state index contributed by atoms with van der Waals surface area (Å²) in [4.78, 5) is 17.4. The summed E-state index contributed by atoms with van der Waals surface area (Å²) in [6, 6.07) is 11.3. The molecule has 0 aliphatic carbocycles.